The topological polar surface area (TPSA) is 66.6 Å². The molecular formula is C11H17N3O2S2. The van der Waals surface area contributed by atoms with Gasteiger partial charge in [-0.3, -0.25) is 4.90 Å². The van der Waals surface area contributed by atoms with Crippen molar-refractivity contribution in [3.05, 3.63) is 11.4 Å². The largest absolute Gasteiger partial charge is 0.398 e. The maximum absolute atomic E-state index is 12.4. The number of thiophene rings is 1. The lowest BCUT2D eigenvalue weighted by Crippen LogP contribution is -2.49. The van der Waals surface area contributed by atoms with Crippen molar-refractivity contribution in [2.75, 3.05) is 31.9 Å². The van der Waals surface area contributed by atoms with E-state index >= 15 is 0 Å². The van der Waals surface area contributed by atoms with E-state index in [-0.39, 0.29) is 0 Å². The number of nitrogen functional groups attached to an aromatic ring is 1. The quantitative estimate of drug-likeness (QED) is 0.893. The van der Waals surface area contributed by atoms with Crippen LogP contribution in [-0.4, -0.2) is 49.8 Å². The Morgan fingerprint density at radius 2 is 1.89 bits per heavy atom. The Hall–Kier alpha value is -0.630. The molecule has 2 aliphatic rings. The molecule has 0 aromatic carbocycles. The van der Waals surface area contributed by atoms with Crippen molar-refractivity contribution in [3.63, 3.8) is 0 Å². The second kappa shape index (κ2) is 4.48. The number of rotatable bonds is 3. The molecular weight excluding hydrogens is 270 g/mol. The van der Waals surface area contributed by atoms with Crippen LogP contribution in [-0.2, 0) is 10.0 Å². The zero-order valence-electron chi connectivity index (χ0n) is 10.1. The number of nitrogens with two attached hydrogens (primary N) is 1. The maximum atomic E-state index is 12.4. The van der Waals surface area contributed by atoms with Crippen LogP contribution in [0.3, 0.4) is 0 Å². The van der Waals surface area contributed by atoms with E-state index in [0.717, 1.165) is 13.1 Å². The molecule has 0 radical (unpaired) electrons. The van der Waals surface area contributed by atoms with Gasteiger partial charge in [-0.15, -0.1) is 11.3 Å². The first-order chi connectivity index (χ1) is 8.57. The first-order valence-electron chi connectivity index (χ1n) is 6.15. The van der Waals surface area contributed by atoms with Gasteiger partial charge in [-0.05, 0) is 18.9 Å². The molecule has 5 nitrogen and oxygen atoms in total. The SMILES string of the molecule is Nc1csc(S(=O)(=O)N2CCN(C3CC3)CC2)c1. The number of sulfonamides is 1. The Kier molecular flexibility index (Phi) is 3.09. The minimum absolute atomic E-state index is 0.361. The summed E-state index contributed by atoms with van der Waals surface area (Å²) in [5.74, 6) is 0. The van der Waals surface area contributed by atoms with Gasteiger partial charge in [-0.1, -0.05) is 0 Å². The predicted octanol–water partition coefficient (Wildman–Crippen LogP) is 0.799. The first kappa shape index (κ1) is 12.4. The molecule has 0 spiro atoms. The number of hydrogen-bond donors (Lipinski definition) is 1. The van der Waals surface area contributed by atoms with Gasteiger partial charge in [-0.2, -0.15) is 4.31 Å². The highest BCUT2D eigenvalue weighted by molar-refractivity contribution is 7.91. The average Bonchev–Trinajstić information content (AvgIpc) is 3.11. The fourth-order valence-corrected chi connectivity index (χ4v) is 5.00. The number of piperazine rings is 1. The fourth-order valence-electron chi connectivity index (χ4n) is 2.34. The van der Waals surface area contributed by atoms with E-state index < -0.39 is 10.0 Å². The number of nitrogens with zero attached hydrogens (tertiary/aromatic N) is 2. The summed E-state index contributed by atoms with van der Waals surface area (Å²) in [6.45, 7) is 2.89. The summed E-state index contributed by atoms with van der Waals surface area (Å²) >= 11 is 1.20. The zero-order chi connectivity index (χ0) is 12.8. The normalized spacial score (nSPS) is 23.3. The van der Waals surface area contributed by atoms with Crippen molar-refractivity contribution in [1.29, 1.82) is 0 Å². The van der Waals surface area contributed by atoms with Gasteiger partial charge < -0.3 is 5.73 Å². The van der Waals surface area contributed by atoms with E-state index in [9.17, 15) is 8.42 Å². The second-order valence-electron chi connectivity index (χ2n) is 4.87. The van der Waals surface area contributed by atoms with Crippen LogP contribution in [0.5, 0.6) is 0 Å². The number of hydrogen-bond acceptors (Lipinski definition) is 5. The van der Waals surface area contributed by atoms with Crippen LogP contribution < -0.4 is 5.73 Å². The molecule has 7 heteroatoms. The smallest absolute Gasteiger partial charge is 0.252 e. The third kappa shape index (κ3) is 2.27. The Balaban J connectivity index is 1.71. The van der Waals surface area contributed by atoms with Gasteiger partial charge in [0.15, 0.2) is 0 Å². The number of anilines is 1. The molecule has 1 aromatic heterocycles. The van der Waals surface area contributed by atoms with Crippen molar-refractivity contribution in [2.24, 2.45) is 0 Å². The molecule has 2 N–H and O–H groups in total. The van der Waals surface area contributed by atoms with E-state index in [4.69, 9.17) is 5.73 Å². The van der Waals surface area contributed by atoms with Gasteiger partial charge >= 0.3 is 0 Å². The van der Waals surface area contributed by atoms with Gasteiger partial charge in [0, 0.05) is 43.3 Å². The molecule has 1 saturated heterocycles. The van der Waals surface area contributed by atoms with Gasteiger partial charge in [0.2, 0.25) is 0 Å². The van der Waals surface area contributed by atoms with Gasteiger partial charge in [0.1, 0.15) is 4.21 Å². The van der Waals surface area contributed by atoms with E-state index in [1.165, 1.54) is 24.2 Å². The molecule has 0 bridgehead atoms. The summed E-state index contributed by atoms with van der Waals surface area (Å²) < 4.78 is 26.7. The summed E-state index contributed by atoms with van der Waals surface area (Å²) in [5.41, 5.74) is 6.12. The lowest BCUT2D eigenvalue weighted by atomic mass is 10.3. The van der Waals surface area contributed by atoms with Gasteiger partial charge in [-0.25, -0.2) is 8.42 Å². The van der Waals surface area contributed by atoms with E-state index in [2.05, 4.69) is 4.90 Å². The van der Waals surface area contributed by atoms with Crippen molar-refractivity contribution < 1.29 is 8.42 Å². The van der Waals surface area contributed by atoms with Crippen LogP contribution in [0, 0.1) is 0 Å². The van der Waals surface area contributed by atoms with Crippen LogP contribution in [0.15, 0.2) is 15.7 Å². The molecule has 0 unspecified atom stereocenters. The van der Waals surface area contributed by atoms with Crippen molar-refractivity contribution in [1.82, 2.24) is 9.21 Å². The Labute approximate surface area is 111 Å². The Morgan fingerprint density at radius 3 is 2.39 bits per heavy atom. The Bertz CT molecular complexity index is 528. The highest BCUT2D eigenvalue weighted by atomic mass is 32.2. The minimum atomic E-state index is -3.32. The molecule has 2 fully saturated rings. The third-order valence-corrected chi connectivity index (χ3v) is 6.86. The minimum Gasteiger partial charge on any atom is -0.398 e. The fraction of sp³-hybridized carbons (Fsp3) is 0.636. The van der Waals surface area contributed by atoms with Gasteiger partial charge in [0.25, 0.3) is 10.0 Å². The van der Waals surface area contributed by atoms with Crippen molar-refractivity contribution >= 4 is 27.0 Å². The molecule has 100 valence electrons. The summed E-state index contributed by atoms with van der Waals surface area (Å²) in [6, 6.07) is 2.26. The zero-order valence-corrected chi connectivity index (χ0v) is 11.7. The van der Waals surface area contributed by atoms with Crippen LogP contribution >= 0.6 is 11.3 Å². The summed E-state index contributed by atoms with van der Waals surface area (Å²) in [4.78, 5) is 2.40. The Morgan fingerprint density at radius 1 is 1.22 bits per heavy atom. The first-order valence-corrected chi connectivity index (χ1v) is 8.47. The average molecular weight is 287 g/mol. The molecule has 1 aliphatic carbocycles. The molecule has 18 heavy (non-hydrogen) atoms. The summed E-state index contributed by atoms with van der Waals surface area (Å²) in [7, 11) is -3.32. The summed E-state index contributed by atoms with van der Waals surface area (Å²) in [6.07, 6.45) is 2.54. The van der Waals surface area contributed by atoms with Crippen LogP contribution in [0.1, 0.15) is 12.8 Å². The monoisotopic (exact) mass is 287 g/mol. The molecule has 3 rings (SSSR count). The predicted molar refractivity (Wildman–Crippen MR) is 72.1 cm³/mol. The van der Waals surface area contributed by atoms with Gasteiger partial charge in [0.05, 0.1) is 0 Å². The lowest BCUT2D eigenvalue weighted by Gasteiger charge is -2.33. The van der Waals surface area contributed by atoms with E-state index in [0.29, 0.717) is 29.0 Å². The van der Waals surface area contributed by atoms with Crippen LogP contribution in [0.4, 0.5) is 5.69 Å². The molecule has 0 amide bonds. The van der Waals surface area contributed by atoms with Crippen molar-refractivity contribution in [2.45, 2.75) is 23.1 Å². The second-order valence-corrected chi connectivity index (χ2v) is 7.95. The van der Waals surface area contributed by atoms with E-state index in [1.54, 1.807) is 15.8 Å². The highest BCUT2D eigenvalue weighted by Gasteiger charge is 2.35. The molecule has 1 aliphatic heterocycles. The standard InChI is InChI=1S/C11H17N3O2S2/c12-9-7-11(17-8-9)18(15,16)14-5-3-13(4-6-14)10-1-2-10/h7-8,10H,1-6,12H2. The molecule has 0 atom stereocenters. The van der Waals surface area contributed by atoms with Crippen LogP contribution in [0.25, 0.3) is 0 Å². The van der Waals surface area contributed by atoms with Crippen molar-refractivity contribution in [3.8, 4) is 0 Å². The molecule has 2 heterocycles. The summed E-state index contributed by atoms with van der Waals surface area (Å²) in [5, 5.41) is 1.67. The maximum Gasteiger partial charge on any atom is 0.252 e. The molecule has 1 saturated carbocycles. The lowest BCUT2D eigenvalue weighted by molar-refractivity contribution is 0.181. The van der Waals surface area contributed by atoms with E-state index in [1.807, 2.05) is 0 Å². The highest BCUT2D eigenvalue weighted by Crippen LogP contribution is 2.30. The van der Waals surface area contributed by atoms with Crippen LogP contribution in [0.2, 0.25) is 0 Å². The molecule has 1 aromatic rings. The third-order valence-electron chi connectivity index (χ3n) is 3.53.